The van der Waals surface area contributed by atoms with E-state index in [9.17, 15) is 4.79 Å². The molecule has 0 bridgehead atoms. The van der Waals surface area contributed by atoms with E-state index in [1.807, 2.05) is 25.5 Å². The van der Waals surface area contributed by atoms with E-state index in [0.29, 0.717) is 18.7 Å². The number of nitrogens with zero attached hydrogens (tertiary/aromatic N) is 2. The van der Waals surface area contributed by atoms with Crippen LogP contribution in [0.2, 0.25) is 0 Å². The van der Waals surface area contributed by atoms with Gasteiger partial charge in [0.15, 0.2) is 0 Å². The van der Waals surface area contributed by atoms with Crippen molar-refractivity contribution in [2.45, 2.75) is 40.2 Å². The SMILES string of the molecule is CCn1nc(C)c(C(=O)NCC2(COC)CCNCC2)c1C.Cl. The second-order valence-electron chi connectivity index (χ2n) is 6.23. The molecule has 23 heavy (non-hydrogen) atoms. The summed E-state index contributed by atoms with van der Waals surface area (Å²) in [4.78, 5) is 12.6. The van der Waals surface area contributed by atoms with Gasteiger partial charge in [-0.25, -0.2) is 0 Å². The fraction of sp³-hybridized carbons (Fsp3) is 0.750. The molecular weight excluding hydrogens is 316 g/mol. The van der Waals surface area contributed by atoms with E-state index in [-0.39, 0.29) is 23.7 Å². The Balaban J connectivity index is 0.00000264. The Hall–Kier alpha value is -1.11. The van der Waals surface area contributed by atoms with Crippen LogP contribution in [0, 0.1) is 19.3 Å². The van der Waals surface area contributed by atoms with Crippen LogP contribution in [0.4, 0.5) is 0 Å². The van der Waals surface area contributed by atoms with Crippen molar-refractivity contribution in [1.29, 1.82) is 0 Å². The summed E-state index contributed by atoms with van der Waals surface area (Å²) >= 11 is 0. The number of methoxy groups -OCH3 is 1. The maximum absolute atomic E-state index is 12.6. The third-order valence-electron chi connectivity index (χ3n) is 4.65. The third-order valence-corrected chi connectivity index (χ3v) is 4.65. The molecule has 1 fully saturated rings. The lowest BCUT2D eigenvalue weighted by Gasteiger charge is -2.37. The van der Waals surface area contributed by atoms with Gasteiger partial charge in [-0.2, -0.15) is 5.10 Å². The van der Waals surface area contributed by atoms with Crippen LogP contribution >= 0.6 is 12.4 Å². The minimum Gasteiger partial charge on any atom is -0.384 e. The van der Waals surface area contributed by atoms with Gasteiger partial charge in [-0.05, 0) is 46.7 Å². The van der Waals surface area contributed by atoms with Gasteiger partial charge in [0.1, 0.15) is 0 Å². The molecule has 2 rings (SSSR count). The number of aromatic nitrogens is 2. The molecule has 0 aromatic carbocycles. The molecule has 2 heterocycles. The molecule has 6 nitrogen and oxygen atoms in total. The first-order valence-corrected chi connectivity index (χ1v) is 8.05. The van der Waals surface area contributed by atoms with Gasteiger partial charge in [-0.3, -0.25) is 9.48 Å². The van der Waals surface area contributed by atoms with Crippen molar-refractivity contribution >= 4 is 18.3 Å². The quantitative estimate of drug-likeness (QED) is 0.824. The second kappa shape index (κ2) is 8.66. The molecule has 0 spiro atoms. The Labute approximate surface area is 144 Å². The monoisotopic (exact) mass is 344 g/mol. The summed E-state index contributed by atoms with van der Waals surface area (Å²) in [6.07, 6.45) is 2.04. The first kappa shape index (κ1) is 19.9. The molecule has 132 valence electrons. The summed E-state index contributed by atoms with van der Waals surface area (Å²) in [6, 6.07) is 0. The number of carbonyl (C=O) groups is 1. The summed E-state index contributed by atoms with van der Waals surface area (Å²) in [7, 11) is 1.73. The molecule has 1 aromatic rings. The highest BCUT2D eigenvalue weighted by Gasteiger charge is 2.33. The molecular formula is C16H29ClN4O2. The highest BCUT2D eigenvalue weighted by Crippen LogP contribution is 2.28. The Morgan fingerprint density at radius 3 is 2.57 bits per heavy atom. The van der Waals surface area contributed by atoms with E-state index >= 15 is 0 Å². The Morgan fingerprint density at radius 1 is 1.39 bits per heavy atom. The zero-order chi connectivity index (χ0) is 16.2. The van der Waals surface area contributed by atoms with Gasteiger partial charge < -0.3 is 15.4 Å². The number of nitrogens with one attached hydrogen (secondary N) is 2. The molecule has 0 aliphatic carbocycles. The normalized spacial score (nSPS) is 16.7. The van der Waals surface area contributed by atoms with Crippen LogP contribution < -0.4 is 10.6 Å². The Bertz CT molecular complexity index is 519. The van der Waals surface area contributed by atoms with Crippen molar-refractivity contribution in [3.63, 3.8) is 0 Å². The van der Waals surface area contributed by atoms with Gasteiger partial charge in [0.05, 0.1) is 17.9 Å². The molecule has 1 saturated heterocycles. The van der Waals surface area contributed by atoms with Gasteiger partial charge in [0.2, 0.25) is 0 Å². The molecule has 1 aliphatic rings. The van der Waals surface area contributed by atoms with Crippen LogP contribution in [0.5, 0.6) is 0 Å². The van der Waals surface area contributed by atoms with E-state index < -0.39 is 0 Å². The minimum absolute atomic E-state index is 0. The number of hydrogen-bond donors (Lipinski definition) is 2. The van der Waals surface area contributed by atoms with Crippen LogP contribution in [0.1, 0.15) is 41.5 Å². The van der Waals surface area contributed by atoms with Crippen molar-refractivity contribution in [3.8, 4) is 0 Å². The highest BCUT2D eigenvalue weighted by atomic mass is 35.5. The fourth-order valence-electron chi connectivity index (χ4n) is 3.33. The van der Waals surface area contributed by atoms with Crippen LogP contribution in [0.25, 0.3) is 0 Å². The molecule has 7 heteroatoms. The van der Waals surface area contributed by atoms with E-state index in [1.54, 1.807) is 7.11 Å². The standard InChI is InChI=1S/C16H28N4O2.ClH/c1-5-20-13(3)14(12(2)19-20)15(21)18-10-16(11-22-4)6-8-17-9-7-16;/h17H,5-11H2,1-4H3,(H,18,21);1H. The van der Waals surface area contributed by atoms with Crippen molar-refractivity contribution in [1.82, 2.24) is 20.4 Å². The van der Waals surface area contributed by atoms with Crippen LogP contribution in [0.3, 0.4) is 0 Å². The number of piperidine rings is 1. The lowest BCUT2D eigenvalue weighted by molar-refractivity contribution is 0.0511. The number of ether oxygens (including phenoxy) is 1. The summed E-state index contributed by atoms with van der Waals surface area (Å²) in [5.41, 5.74) is 2.48. The number of carbonyl (C=O) groups excluding carboxylic acids is 1. The van der Waals surface area contributed by atoms with E-state index in [0.717, 1.165) is 43.9 Å². The summed E-state index contributed by atoms with van der Waals surface area (Å²) < 4.78 is 7.27. The summed E-state index contributed by atoms with van der Waals surface area (Å²) in [6.45, 7) is 9.94. The number of amides is 1. The van der Waals surface area contributed by atoms with Crippen molar-refractivity contribution < 1.29 is 9.53 Å². The van der Waals surface area contributed by atoms with Gasteiger partial charge in [-0.15, -0.1) is 12.4 Å². The molecule has 1 aliphatic heterocycles. The average molecular weight is 345 g/mol. The molecule has 1 aromatic heterocycles. The molecule has 2 N–H and O–H groups in total. The molecule has 0 saturated carbocycles. The van der Waals surface area contributed by atoms with Gasteiger partial charge >= 0.3 is 0 Å². The maximum atomic E-state index is 12.6. The lowest BCUT2D eigenvalue weighted by Crippen LogP contribution is -2.47. The maximum Gasteiger partial charge on any atom is 0.255 e. The van der Waals surface area contributed by atoms with Crippen LogP contribution in [0.15, 0.2) is 0 Å². The average Bonchev–Trinajstić information content (AvgIpc) is 2.80. The molecule has 0 unspecified atom stereocenters. The van der Waals surface area contributed by atoms with Crippen LogP contribution in [-0.4, -0.2) is 49.0 Å². The summed E-state index contributed by atoms with van der Waals surface area (Å²) in [5.74, 6) is -0.0243. The van der Waals surface area contributed by atoms with Gasteiger partial charge in [0, 0.05) is 31.3 Å². The van der Waals surface area contributed by atoms with E-state index in [2.05, 4.69) is 15.7 Å². The lowest BCUT2D eigenvalue weighted by atomic mass is 9.79. The van der Waals surface area contributed by atoms with Crippen molar-refractivity contribution in [2.24, 2.45) is 5.41 Å². The molecule has 0 atom stereocenters. The van der Waals surface area contributed by atoms with E-state index in [1.165, 1.54) is 0 Å². The zero-order valence-corrected chi connectivity index (χ0v) is 15.4. The second-order valence-corrected chi connectivity index (χ2v) is 6.23. The topological polar surface area (TPSA) is 68.2 Å². The predicted octanol–water partition coefficient (Wildman–Crippen LogP) is 1.69. The number of rotatable bonds is 6. The van der Waals surface area contributed by atoms with Crippen molar-refractivity contribution in [2.75, 3.05) is 33.4 Å². The summed E-state index contributed by atoms with van der Waals surface area (Å²) in [5, 5.41) is 10.9. The third kappa shape index (κ3) is 4.46. The molecule has 0 radical (unpaired) electrons. The van der Waals surface area contributed by atoms with Crippen LogP contribution in [-0.2, 0) is 11.3 Å². The highest BCUT2D eigenvalue weighted by molar-refractivity contribution is 5.96. The van der Waals surface area contributed by atoms with Gasteiger partial charge in [0.25, 0.3) is 5.91 Å². The number of hydrogen-bond acceptors (Lipinski definition) is 4. The largest absolute Gasteiger partial charge is 0.384 e. The van der Waals surface area contributed by atoms with E-state index in [4.69, 9.17) is 4.74 Å². The zero-order valence-electron chi connectivity index (χ0n) is 14.6. The first-order chi connectivity index (χ1) is 10.5. The smallest absolute Gasteiger partial charge is 0.255 e. The van der Waals surface area contributed by atoms with Gasteiger partial charge in [-0.1, -0.05) is 0 Å². The number of halogens is 1. The Kier molecular flexibility index (Phi) is 7.51. The molecule has 1 amide bonds. The fourth-order valence-corrected chi connectivity index (χ4v) is 3.33. The predicted molar refractivity (Wildman–Crippen MR) is 93.4 cm³/mol. The van der Waals surface area contributed by atoms with Crippen molar-refractivity contribution in [3.05, 3.63) is 17.0 Å². The Morgan fingerprint density at radius 2 is 2.04 bits per heavy atom. The number of aryl methyl sites for hydroxylation is 2. The first-order valence-electron chi connectivity index (χ1n) is 8.05. The minimum atomic E-state index is -0.0243.